The van der Waals surface area contributed by atoms with Gasteiger partial charge in [-0.2, -0.15) is 0 Å². The van der Waals surface area contributed by atoms with E-state index >= 15 is 0 Å². The summed E-state index contributed by atoms with van der Waals surface area (Å²) in [6.45, 7) is 3.26. The van der Waals surface area contributed by atoms with Gasteiger partial charge in [-0.3, -0.25) is 4.79 Å². The van der Waals surface area contributed by atoms with E-state index in [2.05, 4.69) is 14.9 Å². The molecule has 6 nitrogen and oxygen atoms in total. The van der Waals surface area contributed by atoms with Crippen LogP contribution >= 0.6 is 24.0 Å². The molecule has 0 radical (unpaired) electrons. The number of anilines is 1. The Bertz CT molecular complexity index is 792. The van der Waals surface area contributed by atoms with Crippen molar-refractivity contribution in [1.29, 1.82) is 0 Å². The van der Waals surface area contributed by atoms with Crippen LogP contribution in [0.25, 0.3) is 0 Å². The van der Waals surface area contributed by atoms with Crippen molar-refractivity contribution in [2.45, 2.75) is 31.8 Å². The van der Waals surface area contributed by atoms with Gasteiger partial charge in [0.15, 0.2) is 0 Å². The van der Waals surface area contributed by atoms with E-state index in [0.717, 1.165) is 57.7 Å². The van der Waals surface area contributed by atoms with Crippen molar-refractivity contribution in [3.63, 3.8) is 0 Å². The molecule has 28 heavy (non-hydrogen) atoms. The Kier molecular flexibility index (Phi) is 6.97. The van der Waals surface area contributed by atoms with Crippen molar-refractivity contribution in [2.75, 3.05) is 31.1 Å². The van der Waals surface area contributed by atoms with Gasteiger partial charge in [0.25, 0.3) is 5.91 Å². The van der Waals surface area contributed by atoms with Crippen LogP contribution in [0.15, 0.2) is 36.7 Å². The lowest BCUT2D eigenvalue weighted by Crippen LogP contribution is -2.39. The van der Waals surface area contributed by atoms with Crippen molar-refractivity contribution >= 4 is 35.7 Å². The van der Waals surface area contributed by atoms with E-state index in [-0.39, 0.29) is 24.4 Å². The highest BCUT2D eigenvalue weighted by Crippen LogP contribution is 2.28. The minimum atomic E-state index is 0. The number of amides is 1. The first-order chi connectivity index (χ1) is 13.2. The minimum absolute atomic E-state index is 0. The first kappa shape index (κ1) is 20.7. The molecule has 1 amide bonds. The third-order valence-corrected chi connectivity index (χ3v) is 5.41. The fourth-order valence-electron chi connectivity index (χ4n) is 3.66. The second-order valence-corrected chi connectivity index (χ2v) is 7.41. The number of nitrogens with zero attached hydrogens (tertiary/aromatic N) is 4. The van der Waals surface area contributed by atoms with Gasteiger partial charge in [0.05, 0.1) is 10.6 Å². The summed E-state index contributed by atoms with van der Waals surface area (Å²) in [6, 6.07) is 7.43. The smallest absolute Gasteiger partial charge is 0.255 e. The summed E-state index contributed by atoms with van der Waals surface area (Å²) in [4.78, 5) is 25.2. The number of rotatable bonds is 4. The van der Waals surface area contributed by atoms with E-state index in [4.69, 9.17) is 16.3 Å². The van der Waals surface area contributed by atoms with Gasteiger partial charge in [-0.25, -0.2) is 9.97 Å². The van der Waals surface area contributed by atoms with Crippen LogP contribution in [-0.2, 0) is 0 Å². The number of aromatic nitrogens is 2. The Balaban J connectivity index is 0.00000225. The molecule has 2 saturated heterocycles. The van der Waals surface area contributed by atoms with Crippen LogP contribution in [-0.4, -0.2) is 53.1 Å². The molecule has 0 spiro atoms. The number of halogens is 2. The standard InChI is InChI=1S/C20H23ClN4O2.ClH/c21-17-13-15(20(26)25-9-3-4-10-25)14-23-19(17)24-11-6-16(7-12-24)27-18-5-1-2-8-22-18;/h1-2,5,8,13-14,16H,3-4,6-7,9-12H2;1H. The van der Waals surface area contributed by atoms with Gasteiger partial charge in [0.1, 0.15) is 11.9 Å². The lowest BCUT2D eigenvalue weighted by atomic mass is 10.1. The molecule has 0 saturated carbocycles. The number of hydrogen-bond donors (Lipinski definition) is 0. The maximum atomic E-state index is 12.5. The summed E-state index contributed by atoms with van der Waals surface area (Å²) >= 11 is 6.46. The van der Waals surface area contributed by atoms with E-state index in [1.54, 1.807) is 18.5 Å². The third-order valence-electron chi connectivity index (χ3n) is 5.13. The predicted molar refractivity (Wildman–Crippen MR) is 112 cm³/mol. The highest BCUT2D eigenvalue weighted by molar-refractivity contribution is 6.33. The Morgan fingerprint density at radius 2 is 1.86 bits per heavy atom. The summed E-state index contributed by atoms with van der Waals surface area (Å²) in [5, 5.41) is 0.532. The minimum Gasteiger partial charge on any atom is -0.474 e. The molecule has 8 heteroatoms. The Hall–Kier alpha value is -2.05. The molecular formula is C20H24Cl2N4O2. The van der Waals surface area contributed by atoms with E-state index in [0.29, 0.717) is 16.5 Å². The van der Waals surface area contributed by atoms with E-state index in [9.17, 15) is 4.79 Å². The SMILES string of the molecule is Cl.O=C(c1cnc(N2CCC(Oc3ccccn3)CC2)c(Cl)c1)N1CCCC1. The van der Waals surface area contributed by atoms with Crippen molar-refractivity contribution in [1.82, 2.24) is 14.9 Å². The summed E-state index contributed by atoms with van der Waals surface area (Å²) in [7, 11) is 0. The topological polar surface area (TPSA) is 58.6 Å². The molecule has 0 bridgehead atoms. The zero-order chi connectivity index (χ0) is 18.6. The molecule has 0 aliphatic carbocycles. The molecule has 2 aromatic rings. The largest absolute Gasteiger partial charge is 0.474 e. The molecule has 0 atom stereocenters. The van der Waals surface area contributed by atoms with Crippen LogP contribution in [0.4, 0.5) is 5.82 Å². The molecule has 2 aliphatic rings. The van der Waals surface area contributed by atoms with Crippen molar-refractivity contribution in [3.8, 4) is 5.88 Å². The van der Waals surface area contributed by atoms with Crippen LogP contribution in [0.1, 0.15) is 36.0 Å². The zero-order valence-corrected chi connectivity index (χ0v) is 17.2. The van der Waals surface area contributed by atoms with Gasteiger partial charge in [0, 0.05) is 57.5 Å². The van der Waals surface area contributed by atoms with Crippen molar-refractivity contribution < 1.29 is 9.53 Å². The Morgan fingerprint density at radius 1 is 1.11 bits per heavy atom. The van der Waals surface area contributed by atoms with Gasteiger partial charge in [-0.15, -0.1) is 12.4 Å². The van der Waals surface area contributed by atoms with Gasteiger partial charge in [0.2, 0.25) is 5.88 Å². The summed E-state index contributed by atoms with van der Waals surface area (Å²) in [5.74, 6) is 1.43. The normalized spacial score (nSPS) is 17.3. The van der Waals surface area contributed by atoms with Gasteiger partial charge in [-0.05, 0) is 25.0 Å². The molecular weight excluding hydrogens is 399 g/mol. The molecule has 150 valence electrons. The van der Waals surface area contributed by atoms with Crippen LogP contribution in [0.2, 0.25) is 5.02 Å². The average Bonchev–Trinajstić information content (AvgIpc) is 3.24. The number of hydrogen-bond acceptors (Lipinski definition) is 5. The summed E-state index contributed by atoms with van der Waals surface area (Å²) < 4.78 is 5.94. The van der Waals surface area contributed by atoms with Crippen molar-refractivity contribution in [3.05, 3.63) is 47.2 Å². The van der Waals surface area contributed by atoms with Crippen molar-refractivity contribution in [2.24, 2.45) is 0 Å². The number of carbonyl (C=O) groups is 1. The second kappa shape index (κ2) is 9.43. The first-order valence-electron chi connectivity index (χ1n) is 9.48. The summed E-state index contributed by atoms with van der Waals surface area (Å²) in [6.07, 6.45) is 7.43. The van der Waals surface area contributed by atoms with E-state index in [1.165, 1.54) is 0 Å². The number of pyridine rings is 2. The predicted octanol–water partition coefficient (Wildman–Crippen LogP) is 3.84. The average molecular weight is 423 g/mol. The summed E-state index contributed by atoms with van der Waals surface area (Å²) in [5.41, 5.74) is 0.569. The molecule has 0 N–H and O–H groups in total. The Morgan fingerprint density at radius 3 is 2.50 bits per heavy atom. The van der Waals surface area contributed by atoms with Crippen LogP contribution in [0, 0.1) is 0 Å². The maximum Gasteiger partial charge on any atom is 0.255 e. The number of carbonyl (C=O) groups excluding carboxylic acids is 1. The Labute approximate surface area is 176 Å². The fraction of sp³-hybridized carbons (Fsp3) is 0.450. The molecule has 4 rings (SSSR count). The number of ether oxygens (including phenoxy) is 1. The van der Waals surface area contributed by atoms with Crippen LogP contribution in [0.3, 0.4) is 0 Å². The number of piperidine rings is 1. The van der Waals surface area contributed by atoms with Gasteiger partial charge >= 0.3 is 0 Å². The molecule has 2 aliphatic heterocycles. The second-order valence-electron chi connectivity index (χ2n) is 7.00. The van der Waals surface area contributed by atoms with E-state index < -0.39 is 0 Å². The van der Waals surface area contributed by atoms with Gasteiger partial charge < -0.3 is 14.5 Å². The first-order valence-corrected chi connectivity index (χ1v) is 9.86. The highest BCUT2D eigenvalue weighted by atomic mass is 35.5. The zero-order valence-electron chi connectivity index (χ0n) is 15.6. The fourth-order valence-corrected chi connectivity index (χ4v) is 3.94. The quantitative estimate of drug-likeness (QED) is 0.748. The number of likely N-dealkylation sites (tertiary alicyclic amines) is 1. The van der Waals surface area contributed by atoms with Gasteiger partial charge in [-0.1, -0.05) is 17.7 Å². The molecule has 0 aromatic carbocycles. The lowest BCUT2D eigenvalue weighted by Gasteiger charge is -2.33. The molecule has 2 aromatic heterocycles. The van der Waals surface area contributed by atoms with Crippen LogP contribution < -0.4 is 9.64 Å². The van der Waals surface area contributed by atoms with Crippen LogP contribution in [0.5, 0.6) is 5.88 Å². The van der Waals surface area contributed by atoms with E-state index in [1.807, 2.05) is 23.1 Å². The molecule has 4 heterocycles. The molecule has 0 unspecified atom stereocenters. The maximum absolute atomic E-state index is 12.5. The highest BCUT2D eigenvalue weighted by Gasteiger charge is 2.25. The molecule has 2 fully saturated rings. The third kappa shape index (κ3) is 4.67. The lowest BCUT2D eigenvalue weighted by molar-refractivity contribution is 0.0792. The monoisotopic (exact) mass is 422 g/mol.